The van der Waals surface area contributed by atoms with Crippen LogP contribution in [0, 0.1) is 5.82 Å². The van der Waals surface area contributed by atoms with Crippen LogP contribution >= 0.6 is 0 Å². The van der Waals surface area contributed by atoms with Crippen molar-refractivity contribution >= 4 is 0 Å². The summed E-state index contributed by atoms with van der Waals surface area (Å²) in [6.07, 6.45) is -7.39. The molecule has 0 aliphatic heterocycles. The number of hydrogen-bond acceptors (Lipinski definition) is 0. The molecule has 0 aliphatic rings. The van der Waals surface area contributed by atoms with E-state index in [1.54, 1.807) is 0 Å². The van der Waals surface area contributed by atoms with Gasteiger partial charge in [0.15, 0.2) is 0 Å². The van der Waals surface area contributed by atoms with Crippen LogP contribution in [0.2, 0.25) is 0 Å². The molecule has 0 bridgehead atoms. The number of hydrogen-bond donors (Lipinski definition) is 0. The van der Waals surface area contributed by atoms with Crippen molar-refractivity contribution in [3.63, 3.8) is 0 Å². The maximum atomic E-state index is 13.4. The monoisotopic (exact) mass is 290 g/mol. The van der Waals surface area contributed by atoms with E-state index < -0.39 is 29.5 Å². The van der Waals surface area contributed by atoms with Crippen LogP contribution in [0.1, 0.15) is 17.6 Å². The molecule has 2 aromatic rings. The third-order valence-corrected chi connectivity index (χ3v) is 2.78. The Hall–Kier alpha value is -1.98. The molecule has 0 N–H and O–H groups in total. The fraction of sp³-hybridized carbons (Fsp3) is 0.143. The van der Waals surface area contributed by atoms with E-state index in [0.29, 0.717) is 5.56 Å². The molecule has 20 heavy (non-hydrogen) atoms. The van der Waals surface area contributed by atoms with Crippen molar-refractivity contribution < 1.29 is 26.3 Å². The molecule has 0 saturated heterocycles. The zero-order valence-corrected chi connectivity index (χ0v) is 9.89. The molecule has 0 aromatic heterocycles. The minimum absolute atomic E-state index is 0.237. The maximum Gasteiger partial charge on any atom is 0.416 e. The van der Waals surface area contributed by atoms with E-state index in [4.69, 9.17) is 0 Å². The molecular formula is C14H8F6. The average molecular weight is 290 g/mol. The molecule has 0 saturated carbocycles. The van der Waals surface area contributed by atoms with Crippen molar-refractivity contribution in [2.24, 2.45) is 0 Å². The maximum absolute atomic E-state index is 13.4. The molecule has 2 rings (SSSR count). The van der Waals surface area contributed by atoms with Crippen molar-refractivity contribution in [2.45, 2.75) is 12.6 Å². The highest BCUT2D eigenvalue weighted by Crippen LogP contribution is 2.32. The average Bonchev–Trinajstić information content (AvgIpc) is 2.37. The zero-order chi connectivity index (χ0) is 14.9. The fourth-order valence-electron chi connectivity index (χ4n) is 1.74. The molecule has 106 valence electrons. The van der Waals surface area contributed by atoms with Crippen LogP contribution in [-0.2, 0) is 6.18 Å². The lowest BCUT2D eigenvalue weighted by atomic mass is 10.0. The van der Waals surface area contributed by atoms with E-state index in [1.807, 2.05) is 0 Å². The highest BCUT2D eigenvalue weighted by molar-refractivity contribution is 5.64. The zero-order valence-electron chi connectivity index (χ0n) is 9.89. The SMILES string of the molecule is Fc1cc(-c2ccc(C(F)(F)F)cc2)ccc1C(F)F. The van der Waals surface area contributed by atoms with Gasteiger partial charge in [0.1, 0.15) is 5.82 Å². The second kappa shape index (κ2) is 5.19. The Labute approximate surface area is 110 Å². The van der Waals surface area contributed by atoms with Gasteiger partial charge in [0, 0.05) is 0 Å². The van der Waals surface area contributed by atoms with Crippen LogP contribution in [0.25, 0.3) is 11.1 Å². The summed E-state index contributed by atoms with van der Waals surface area (Å²) in [7, 11) is 0. The van der Waals surface area contributed by atoms with Gasteiger partial charge in [-0.3, -0.25) is 0 Å². The van der Waals surface area contributed by atoms with Gasteiger partial charge in [-0.05, 0) is 35.4 Å². The minimum Gasteiger partial charge on any atom is -0.206 e. The Morgan fingerprint density at radius 2 is 1.35 bits per heavy atom. The first-order valence-corrected chi connectivity index (χ1v) is 5.54. The van der Waals surface area contributed by atoms with Crippen LogP contribution < -0.4 is 0 Å². The van der Waals surface area contributed by atoms with Gasteiger partial charge in [0.25, 0.3) is 6.43 Å². The van der Waals surface area contributed by atoms with Gasteiger partial charge >= 0.3 is 6.18 Å². The van der Waals surface area contributed by atoms with Gasteiger partial charge in [-0.15, -0.1) is 0 Å². The third kappa shape index (κ3) is 2.95. The molecule has 0 atom stereocenters. The Balaban J connectivity index is 2.35. The van der Waals surface area contributed by atoms with Crippen molar-refractivity contribution in [2.75, 3.05) is 0 Å². The molecule has 0 radical (unpaired) electrons. The molecule has 0 spiro atoms. The van der Waals surface area contributed by atoms with Crippen molar-refractivity contribution in [1.29, 1.82) is 0 Å². The quantitative estimate of drug-likeness (QED) is 0.645. The largest absolute Gasteiger partial charge is 0.416 e. The Morgan fingerprint density at radius 1 is 0.800 bits per heavy atom. The molecule has 6 heteroatoms. The van der Waals surface area contributed by atoms with E-state index in [2.05, 4.69) is 0 Å². The second-order valence-electron chi connectivity index (χ2n) is 4.11. The topological polar surface area (TPSA) is 0 Å². The van der Waals surface area contributed by atoms with Crippen molar-refractivity contribution in [3.05, 3.63) is 59.4 Å². The van der Waals surface area contributed by atoms with Gasteiger partial charge in [0.05, 0.1) is 11.1 Å². The lowest BCUT2D eigenvalue weighted by Crippen LogP contribution is -2.04. The standard InChI is InChI=1S/C14H8F6/c15-12-7-9(3-6-11(12)13(16)17)8-1-4-10(5-2-8)14(18,19)20/h1-7,13H. The molecular weight excluding hydrogens is 282 g/mol. The van der Waals surface area contributed by atoms with E-state index in [0.717, 1.165) is 24.3 Å². The minimum atomic E-state index is -4.46. The molecule has 0 fully saturated rings. The van der Waals surface area contributed by atoms with Crippen molar-refractivity contribution in [3.8, 4) is 11.1 Å². The lowest BCUT2D eigenvalue weighted by molar-refractivity contribution is -0.137. The van der Waals surface area contributed by atoms with E-state index in [9.17, 15) is 26.3 Å². The number of rotatable bonds is 2. The fourth-order valence-corrected chi connectivity index (χ4v) is 1.74. The normalized spacial score (nSPS) is 11.9. The van der Waals surface area contributed by atoms with E-state index in [-0.39, 0.29) is 5.56 Å². The Morgan fingerprint density at radius 3 is 1.80 bits per heavy atom. The summed E-state index contributed by atoms with van der Waals surface area (Å²) < 4.78 is 75.3. The summed E-state index contributed by atoms with van der Waals surface area (Å²) in [5.41, 5.74) is -1.01. The molecule has 0 unspecified atom stereocenters. The van der Waals surface area contributed by atoms with Gasteiger partial charge in [-0.1, -0.05) is 18.2 Å². The number of halogens is 6. The van der Waals surface area contributed by atoms with E-state index >= 15 is 0 Å². The lowest BCUT2D eigenvalue weighted by Gasteiger charge is -2.09. The van der Waals surface area contributed by atoms with Crippen LogP contribution in [0.3, 0.4) is 0 Å². The Kier molecular flexibility index (Phi) is 3.74. The molecule has 0 nitrogen and oxygen atoms in total. The summed E-state index contributed by atoms with van der Waals surface area (Å²) in [6, 6.07) is 7.09. The smallest absolute Gasteiger partial charge is 0.206 e. The van der Waals surface area contributed by atoms with Gasteiger partial charge < -0.3 is 0 Å². The predicted molar refractivity (Wildman–Crippen MR) is 61.8 cm³/mol. The molecule has 0 amide bonds. The summed E-state index contributed by atoms with van der Waals surface area (Å²) in [5, 5.41) is 0. The van der Waals surface area contributed by atoms with Gasteiger partial charge in [-0.25, -0.2) is 13.2 Å². The van der Waals surface area contributed by atoms with Crippen LogP contribution in [-0.4, -0.2) is 0 Å². The van der Waals surface area contributed by atoms with E-state index in [1.165, 1.54) is 18.2 Å². The number of alkyl halides is 5. The highest BCUT2D eigenvalue weighted by Gasteiger charge is 2.30. The summed E-state index contributed by atoms with van der Waals surface area (Å²) in [5.74, 6) is -1.09. The summed E-state index contributed by atoms with van der Waals surface area (Å²) >= 11 is 0. The van der Waals surface area contributed by atoms with Gasteiger partial charge in [-0.2, -0.15) is 13.2 Å². The molecule has 2 aromatic carbocycles. The Bertz CT molecular complexity index is 598. The second-order valence-corrected chi connectivity index (χ2v) is 4.11. The molecule has 0 heterocycles. The van der Waals surface area contributed by atoms with Crippen LogP contribution in [0.4, 0.5) is 26.3 Å². The molecule has 0 aliphatic carbocycles. The summed E-state index contributed by atoms with van der Waals surface area (Å²) in [4.78, 5) is 0. The van der Waals surface area contributed by atoms with Crippen LogP contribution in [0.15, 0.2) is 42.5 Å². The summed E-state index contributed by atoms with van der Waals surface area (Å²) in [6.45, 7) is 0. The van der Waals surface area contributed by atoms with Gasteiger partial charge in [0.2, 0.25) is 0 Å². The highest BCUT2D eigenvalue weighted by atomic mass is 19.4. The first kappa shape index (κ1) is 14.4. The van der Waals surface area contributed by atoms with Crippen LogP contribution in [0.5, 0.6) is 0 Å². The third-order valence-electron chi connectivity index (χ3n) is 2.78. The first-order valence-electron chi connectivity index (χ1n) is 5.54. The van der Waals surface area contributed by atoms with Crippen molar-refractivity contribution in [1.82, 2.24) is 0 Å². The predicted octanol–water partition coefficient (Wildman–Crippen LogP) is 5.45. The number of benzene rings is 2. The first-order chi connectivity index (χ1) is 9.29.